The molecule has 1 saturated heterocycles. The van der Waals surface area contributed by atoms with Crippen molar-refractivity contribution in [1.29, 1.82) is 0 Å². The number of rotatable bonds is 6. The lowest BCUT2D eigenvalue weighted by atomic mass is 10.1. The fourth-order valence-electron chi connectivity index (χ4n) is 3.69. The minimum Gasteiger partial charge on any atom is -0.394 e. The smallest absolute Gasteiger partial charge is 0.254 e. The van der Waals surface area contributed by atoms with E-state index in [1.54, 1.807) is 18.6 Å². The number of ether oxygens (including phenoxy) is 1. The van der Waals surface area contributed by atoms with Crippen LogP contribution in [0.2, 0.25) is 0 Å². The molecule has 12 heteroatoms. The number of pyridine rings is 1. The Morgan fingerprint density at radius 3 is 2.75 bits per heavy atom. The molecule has 0 saturated carbocycles. The SMILES string of the molecule is CCNc1nc(-n2cc(-c3ccccn3)cn2)nc2c1ncn2C1OC(CO)C(O)C1O. The van der Waals surface area contributed by atoms with Crippen molar-refractivity contribution in [2.45, 2.75) is 31.5 Å². The fourth-order valence-corrected chi connectivity index (χ4v) is 3.69. The first kappa shape index (κ1) is 20.5. The van der Waals surface area contributed by atoms with Crippen molar-refractivity contribution in [3.8, 4) is 17.2 Å². The van der Waals surface area contributed by atoms with Crippen LogP contribution in [0.5, 0.6) is 0 Å². The summed E-state index contributed by atoms with van der Waals surface area (Å²) in [6.07, 6.45) is 2.25. The molecule has 5 rings (SSSR count). The second kappa shape index (κ2) is 8.24. The highest BCUT2D eigenvalue weighted by Crippen LogP contribution is 2.32. The maximum absolute atomic E-state index is 10.5. The molecule has 4 unspecified atom stereocenters. The summed E-state index contributed by atoms with van der Waals surface area (Å²) in [6, 6.07) is 5.61. The number of nitrogens with one attached hydrogen (secondary N) is 1. The van der Waals surface area contributed by atoms with Gasteiger partial charge in [0.25, 0.3) is 5.95 Å². The van der Waals surface area contributed by atoms with Gasteiger partial charge in [0.05, 0.1) is 24.8 Å². The highest BCUT2D eigenvalue weighted by Gasteiger charge is 2.44. The predicted molar refractivity (Wildman–Crippen MR) is 113 cm³/mol. The first-order chi connectivity index (χ1) is 15.6. The van der Waals surface area contributed by atoms with Gasteiger partial charge in [0.15, 0.2) is 23.2 Å². The molecule has 4 aromatic heterocycles. The Kier molecular flexibility index (Phi) is 5.27. The van der Waals surface area contributed by atoms with E-state index in [9.17, 15) is 15.3 Å². The van der Waals surface area contributed by atoms with Crippen molar-refractivity contribution in [2.75, 3.05) is 18.5 Å². The zero-order chi connectivity index (χ0) is 22.2. The monoisotopic (exact) mass is 438 g/mol. The van der Waals surface area contributed by atoms with Crippen LogP contribution in [0.1, 0.15) is 13.2 Å². The third-order valence-electron chi connectivity index (χ3n) is 5.29. The van der Waals surface area contributed by atoms with E-state index in [4.69, 9.17) is 4.74 Å². The molecule has 5 heterocycles. The quantitative estimate of drug-likeness (QED) is 0.326. The van der Waals surface area contributed by atoms with Gasteiger partial charge in [-0.3, -0.25) is 9.55 Å². The van der Waals surface area contributed by atoms with E-state index in [0.29, 0.717) is 23.5 Å². The number of hydrogen-bond donors (Lipinski definition) is 4. The zero-order valence-corrected chi connectivity index (χ0v) is 17.1. The summed E-state index contributed by atoms with van der Waals surface area (Å²) in [7, 11) is 0. The van der Waals surface area contributed by atoms with Gasteiger partial charge < -0.3 is 25.4 Å². The zero-order valence-electron chi connectivity index (χ0n) is 17.1. The number of anilines is 1. The third-order valence-corrected chi connectivity index (χ3v) is 5.29. The lowest BCUT2D eigenvalue weighted by Gasteiger charge is -2.17. The molecule has 0 amide bonds. The molecule has 0 bridgehead atoms. The number of fused-ring (bicyclic) bond motifs is 1. The summed E-state index contributed by atoms with van der Waals surface area (Å²) in [5.41, 5.74) is 2.43. The van der Waals surface area contributed by atoms with Gasteiger partial charge in [-0.15, -0.1) is 0 Å². The molecule has 0 aliphatic carbocycles. The van der Waals surface area contributed by atoms with Crippen molar-refractivity contribution >= 4 is 17.0 Å². The van der Waals surface area contributed by atoms with Crippen molar-refractivity contribution < 1.29 is 20.1 Å². The van der Waals surface area contributed by atoms with Gasteiger partial charge in [0.2, 0.25) is 0 Å². The Bertz CT molecular complexity index is 1230. The minimum atomic E-state index is -1.26. The summed E-state index contributed by atoms with van der Waals surface area (Å²) in [4.78, 5) is 17.9. The fraction of sp³-hybridized carbons (Fsp3) is 0.350. The number of nitrogens with zero attached hydrogens (tertiary/aromatic N) is 7. The normalized spacial score (nSPS) is 23.1. The Balaban J connectivity index is 1.59. The van der Waals surface area contributed by atoms with E-state index in [1.807, 2.05) is 25.1 Å². The number of hydrogen-bond acceptors (Lipinski definition) is 10. The van der Waals surface area contributed by atoms with Crippen molar-refractivity contribution in [1.82, 2.24) is 34.3 Å². The predicted octanol–water partition coefficient (Wildman–Crippen LogP) is 0.117. The van der Waals surface area contributed by atoms with Crippen LogP contribution in [0.3, 0.4) is 0 Å². The molecule has 0 radical (unpaired) electrons. The molecule has 32 heavy (non-hydrogen) atoms. The first-order valence-electron chi connectivity index (χ1n) is 10.2. The van der Waals surface area contributed by atoms with Crippen LogP contribution >= 0.6 is 0 Å². The largest absolute Gasteiger partial charge is 0.394 e. The van der Waals surface area contributed by atoms with E-state index >= 15 is 0 Å². The van der Waals surface area contributed by atoms with Gasteiger partial charge in [0.1, 0.15) is 18.3 Å². The molecule has 0 aromatic carbocycles. The van der Waals surface area contributed by atoms with Crippen LogP contribution in [-0.2, 0) is 4.74 Å². The van der Waals surface area contributed by atoms with Crippen molar-refractivity contribution in [3.63, 3.8) is 0 Å². The topological polar surface area (TPSA) is 156 Å². The van der Waals surface area contributed by atoms with Crippen LogP contribution in [-0.4, -0.2) is 81.1 Å². The Morgan fingerprint density at radius 1 is 1.16 bits per heavy atom. The number of aromatic nitrogens is 7. The highest BCUT2D eigenvalue weighted by molar-refractivity contribution is 5.83. The van der Waals surface area contributed by atoms with Crippen LogP contribution < -0.4 is 5.32 Å². The van der Waals surface area contributed by atoms with Gasteiger partial charge in [-0.2, -0.15) is 15.1 Å². The summed E-state index contributed by atoms with van der Waals surface area (Å²) in [5, 5.41) is 37.6. The first-order valence-corrected chi connectivity index (χ1v) is 10.2. The molecule has 1 aliphatic heterocycles. The van der Waals surface area contributed by atoms with Crippen LogP contribution in [0.25, 0.3) is 28.4 Å². The van der Waals surface area contributed by atoms with Gasteiger partial charge in [-0.05, 0) is 19.1 Å². The lowest BCUT2D eigenvalue weighted by Crippen LogP contribution is -2.33. The number of imidazole rings is 1. The second-order valence-corrected chi connectivity index (χ2v) is 7.34. The second-order valence-electron chi connectivity index (χ2n) is 7.34. The molecule has 4 atom stereocenters. The van der Waals surface area contributed by atoms with Crippen molar-refractivity contribution in [2.24, 2.45) is 0 Å². The Labute approximate surface area is 182 Å². The molecule has 12 nitrogen and oxygen atoms in total. The molecule has 1 fully saturated rings. The maximum Gasteiger partial charge on any atom is 0.254 e. The van der Waals surface area contributed by atoms with E-state index in [0.717, 1.165) is 11.3 Å². The van der Waals surface area contributed by atoms with Gasteiger partial charge in [0, 0.05) is 24.5 Å². The molecule has 0 spiro atoms. The highest BCUT2D eigenvalue weighted by atomic mass is 16.6. The summed E-state index contributed by atoms with van der Waals surface area (Å²) in [6.45, 7) is 2.11. The van der Waals surface area contributed by atoms with Crippen LogP contribution in [0.4, 0.5) is 5.82 Å². The van der Waals surface area contributed by atoms with Gasteiger partial charge >= 0.3 is 0 Å². The third kappa shape index (κ3) is 3.39. The van der Waals surface area contributed by atoms with Gasteiger partial charge in [-0.1, -0.05) is 6.07 Å². The maximum atomic E-state index is 10.5. The Hall–Kier alpha value is -3.45. The average Bonchev–Trinajstić information content (AvgIpc) is 3.53. The Morgan fingerprint density at radius 2 is 2.03 bits per heavy atom. The summed E-state index contributed by atoms with van der Waals surface area (Å²) >= 11 is 0. The van der Waals surface area contributed by atoms with Crippen LogP contribution in [0, 0.1) is 0 Å². The van der Waals surface area contributed by atoms with E-state index in [2.05, 4.69) is 30.4 Å². The lowest BCUT2D eigenvalue weighted by molar-refractivity contribution is -0.0511. The van der Waals surface area contributed by atoms with E-state index in [1.165, 1.54) is 15.6 Å². The van der Waals surface area contributed by atoms with Crippen LogP contribution in [0.15, 0.2) is 43.1 Å². The number of aliphatic hydroxyl groups is 3. The van der Waals surface area contributed by atoms with E-state index < -0.39 is 31.1 Å². The molecule has 166 valence electrons. The van der Waals surface area contributed by atoms with Crippen molar-refractivity contribution in [3.05, 3.63) is 43.1 Å². The molecule has 4 aromatic rings. The summed E-state index contributed by atoms with van der Waals surface area (Å²) in [5.74, 6) is 0.775. The van der Waals surface area contributed by atoms with Gasteiger partial charge in [-0.25, -0.2) is 9.67 Å². The minimum absolute atomic E-state index is 0.282. The average molecular weight is 438 g/mol. The summed E-state index contributed by atoms with van der Waals surface area (Å²) < 4.78 is 8.71. The van der Waals surface area contributed by atoms with E-state index in [-0.39, 0.29) is 5.95 Å². The standard InChI is InChI=1S/C20H22N8O4/c1-2-21-17-14-18(27(10-23-14)19-16(31)15(30)13(9-29)32-19)26-20(25-17)28-8-11(7-24-28)12-5-3-4-6-22-12/h3-8,10,13,15-16,19,29-31H,2,9H2,1H3,(H,21,25,26). The molecular weight excluding hydrogens is 416 g/mol. The molecule has 4 N–H and O–H groups in total. The molecule has 1 aliphatic rings. The number of aliphatic hydroxyl groups excluding tert-OH is 3. The molecular formula is C20H22N8O4.